The third-order valence-corrected chi connectivity index (χ3v) is 4.52. The van der Waals surface area contributed by atoms with E-state index < -0.39 is 0 Å². The zero-order valence-electron chi connectivity index (χ0n) is 11.4. The highest BCUT2D eigenvalue weighted by molar-refractivity contribution is 7.99. The maximum atomic E-state index is 6.13. The Bertz CT molecular complexity index is 318. The van der Waals surface area contributed by atoms with Gasteiger partial charge >= 0.3 is 0 Å². The normalized spacial score (nSPS) is 14.9. The number of benzene rings is 1. The summed E-state index contributed by atoms with van der Waals surface area (Å²) in [6, 6.07) is 9.17. The number of thioether (sulfide) groups is 1. The van der Waals surface area contributed by atoms with Crippen molar-refractivity contribution in [2.75, 3.05) is 5.75 Å². The first-order valence-electron chi connectivity index (χ1n) is 6.53. The molecule has 96 valence electrons. The molecule has 0 fully saturated rings. The van der Waals surface area contributed by atoms with Crippen molar-refractivity contribution in [2.45, 2.75) is 51.0 Å². The molecule has 0 saturated heterocycles. The van der Waals surface area contributed by atoms with Crippen LogP contribution in [-0.4, -0.2) is 11.8 Å². The van der Waals surface area contributed by atoms with Crippen LogP contribution >= 0.6 is 11.8 Å². The minimum atomic E-state index is 0.301. The Morgan fingerprint density at radius 3 is 2.18 bits per heavy atom. The maximum absolute atomic E-state index is 6.13. The van der Waals surface area contributed by atoms with E-state index in [1.165, 1.54) is 10.5 Å². The van der Waals surface area contributed by atoms with E-state index in [0.717, 1.165) is 12.2 Å². The van der Waals surface area contributed by atoms with Gasteiger partial charge in [-0.25, -0.2) is 0 Å². The number of hydrogen-bond acceptors (Lipinski definition) is 2. The zero-order valence-corrected chi connectivity index (χ0v) is 12.3. The summed E-state index contributed by atoms with van der Waals surface area (Å²) in [5, 5.41) is 0. The van der Waals surface area contributed by atoms with Crippen LogP contribution in [0.2, 0.25) is 0 Å². The fourth-order valence-corrected chi connectivity index (χ4v) is 2.65. The molecule has 0 radical (unpaired) electrons. The van der Waals surface area contributed by atoms with Crippen molar-refractivity contribution in [2.24, 2.45) is 11.7 Å². The van der Waals surface area contributed by atoms with E-state index >= 15 is 0 Å². The van der Waals surface area contributed by atoms with Crippen molar-refractivity contribution in [3.8, 4) is 0 Å². The molecular formula is C15H25NS. The highest BCUT2D eigenvalue weighted by atomic mass is 32.2. The van der Waals surface area contributed by atoms with Crippen molar-refractivity contribution in [3.05, 3.63) is 29.8 Å². The third kappa shape index (κ3) is 4.72. The Morgan fingerprint density at radius 1 is 1.12 bits per heavy atom. The van der Waals surface area contributed by atoms with Crippen LogP contribution in [0.25, 0.3) is 0 Å². The molecule has 1 rings (SSSR count). The van der Waals surface area contributed by atoms with Gasteiger partial charge in [0.05, 0.1) is 0 Å². The summed E-state index contributed by atoms with van der Waals surface area (Å²) < 4.78 is 0. The minimum Gasteiger partial charge on any atom is -0.327 e. The first-order chi connectivity index (χ1) is 8.04. The van der Waals surface area contributed by atoms with E-state index in [1.807, 2.05) is 11.8 Å². The van der Waals surface area contributed by atoms with Gasteiger partial charge in [0.2, 0.25) is 0 Å². The predicted molar refractivity (Wildman–Crippen MR) is 78.7 cm³/mol. The average molecular weight is 251 g/mol. The lowest BCUT2D eigenvalue weighted by Crippen LogP contribution is -2.30. The molecule has 2 unspecified atom stereocenters. The Balaban J connectivity index is 2.47. The second-order valence-corrected chi connectivity index (χ2v) is 6.18. The molecule has 0 spiro atoms. The van der Waals surface area contributed by atoms with E-state index in [1.54, 1.807) is 0 Å². The molecule has 0 saturated carbocycles. The number of nitrogens with two attached hydrogens (primary N) is 1. The highest BCUT2D eigenvalue weighted by Gasteiger charge is 2.10. The van der Waals surface area contributed by atoms with Crippen LogP contribution in [0.5, 0.6) is 0 Å². The van der Waals surface area contributed by atoms with Crippen molar-refractivity contribution in [1.29, 1.82) is 0 Å². The standard InChI is InChI=1S/C15H25NS/c1-5-12(4)15(16)10-17-14-8-6-13(7-9-14)11(2)3/h6-9,11-12,15H,5,10,16H2,1-4H3. The summed E-state index contributed by atoms with van der Waals surface area (Å²) in [7, 11) is 0. The van der Waals surface area contributed by atoms with E-state index in [4.69, 9.17) is 5.73 Å². The number of rotatable bonds is 6. The molecule has 17 heavy (non-hydrogen) atoms. The molecule has 0 amide bonds. The van der Waals surface area contributed by atoms with E-state index in [0.29, 0.717) is 17.9 Å². The maximum Gasteiger partial charge on any atom is 0.0159 e. The Hall–Kier alpha value is -0.470. The first kappa shape index (κ1) is 14.6. The van der Waals surface area contributed by atoms with Gasteiger partial charge in [-0.1, -0.05) is 46.2 Å². The largest absolute Gasteiger partial charge is 0.327 e. The van der Waals surface area contributed by atoms with Crippen LogP contribution in [0.4, 0.5) is 0 Å². The van der Waals surface area contributed by atoms with Gasteiger partial charge in [-0.05, 0) is 29.5 Å². The van der Waals surface area contributed by atoms with E-state index in [-0.39, 0.29) is 0 Å². The van der Waals surface area contributed by atoms with Crippen LogP contribution in [0.1, 0.15) is 45.6 Å². The minimum absolute atomic E-state index is 0.301. The summed E-state index contributed by atoms with van der Waals surface area (Å²) >= 11 is 1.87. The molecule has 0 aromatic heterocycles. The summed E-state index contributed by atoms with van der Waals surface area (Å²) in [5.41, 5.74) is 7.54. The van der Waals surface area contributed by atoms with Crippen molar-refractivity contribution >= 4 is 11.8 Å². The molecule has 1 aromatic rings. The molecule has 2 atom stereocenters. The van der Waals surface area contributed by atoms with Gasteiger partial charge in [0.25, 0.3) is 0 Å². The third-order valence-electron chi connectivity index (χ3n) is 3.36. The van der Waals surface area contributed by atoms with Crippen molar-refractivity contribution in [3.63, 3.8) is 0 Å². The molecular weight excluding hydrogens is 226 g/mol. The van der Waals surface area contributed by atoms with Crippen molar-refractivity contribution in [1.82, 2.24) is 0 Å². The van der Waals surface area contributed by atoms with Gasteiger partial charge < -0.3 is 5.73 Å². The van der Waals surface area contributed by atoms with E-state index in [9.17, 15) is 0 Å². The Kier molecular flexibility index (Phi) is 6.07. The molecule has 0 aliphatic carbocycles. The van der Waals surface area contributed by atoms with Crippen LogP contribution in [0.15, 0.2) is 29.2 Å². The highest BCUT2D eigenvalue weighted by Crippen LogP contribution is 2.23. The van der Waals surface area contributed by atoms with Gasteiger partial charge in [0.1, 0.15) is 0 Å². The van der Waals surface area contributed by atoms with Gasteiger partial charge in [-0.2, -0.15) is 0 Å². The van der Waals surface area contributed by atoms with Gasteiger partial charge in [0.15, 0.2) is 0 Å². The van der Waals surface area contributed by atoms with Crippen molar-refractivity contribution < 1.29 is 0 Å². The molecule has 0 heterocycles. The number of hydrogen-bond donors (Lipinski definition) is 1. The molecule has 1 aromatic carbocycles. The fraction of sp³-hybridized carbons (Fsp3) is 0.600. The smallest absolute Gasteiger partial charge is 0.0159 e. The molecule has 0 bridgehead atoms. The summed E-state index contributed by atoms with van der Waals surface area (Å²) in [5.74, 6) is 2.23. The van der Waals surface area contributed by atoms with Crippen LogP contribution < -0.4 is 5.73 Å². The summed E-state index contributed by atoms with van der Waals surface area (Å²) in [6.45, 7) is 8.88. The van der Waals surface area contributed by atoms with Gasteiger partial charge in [-0.3, -0.25) is 0 Å². The summed E-state index contributed by atoms with van der Waals surface area (Å²) in [4.78, 5) is 1.33. The average Bonchev–Trinajstić information content (AvgIpc) is 2.35. The van der Waals surface area contributed by atoms with Gasteiger partial charge in [-0.15, -0.1) is 11.8 Å². The SMILES string of the molecule is CCC(C)C(N)CSc1ccc(C(C)C)cc1. The van der Waals surface area contributed by atoms with Crippen LogP contribution in [0, 0.1) is 5.92 Å². The first-order valence-corrected chi connectivity index (χ1v) is 7.51. The second-order valence-electron chi connectivity index (χ2n) is 5.08. The summed E-state index contributed by atoms with van der Waals surface area (Å²) in [6.07, 6.45) is 1.16. The predicted octanol–water partition coefficient (Wildman–Crippen LogP) is 4.28. The zero-order chi connectivity index (χ0) is 12.8. The lowest BCUT2D eigenvalue weighted by atomic mass is 10.0. The molecule has 1 nitrogen and oxygen atoms in total. The fourth-order valence-electron chi connectivity index (χ4n) is 1.61. The monoisotopic (exact) mass is 251 g/mol. The molecule has 2 N–H and O–H groups in total. The topological polar surface area (TPSA) is 26.0 Å². The Morgan fingerprint density at radius 2 is 1.71 bits per heavy atom. The van der Waals surface area contributed by atoms with Crippen LogP contribution in [-0.2, 0) is 0 Å². The molecule has 2 heteroatoms. The molecule has 0 aliphatic rings. The lowest BCUT2D eigenvalue weighted by molar-refractivity contribution is 0.475. The van der Waals surface area contributed by atoms with E-state index in [2.05, 4.69) is 52.0 Å². The second kappa shape index (κ2) is 7.07. The van der Waals surface area contributed by atoms with Crippen LogP contribution in [0.3, 0.4) is 0 Å². The van der Waals surface area contributed by atoms with Gasteiger partial charge in [0, 0.05) is 16.7 Å². The molecule has 0 aliphatic heterocycles. The quantitative estimate of drug-likeness (QED) is 0.764. The lowest BCUT2D eigenvalue weighted by Gasteiger charge is -2.17. The Labute approximate surface area is 110 Å².